The normalized spacial score (nSPS) is 16.3. The number of carbonyl (C=O) groups excluding carboxylic acids is 3. The largest absolute Gasteiger partial charge is 0.508 e. The Morgan fingerprint density at radius 1 is 1.18 bits per heavy atom. The van der Waals surface area contributed by atoms with Crippen molar-refractivity contribution < 1.29 is 24.2 Å². The number of phenolic OH excluding ortho intramolecular Hbond substituents is 1. The van der Waals surface area contributed by atoms with Crippen LogP contribution in [-0.4, -0.2) is 52.1 Å². The average Bonchev–Trinajstić information content (AvgIpc) is 2.75. The highest BCUT2D eigenvalue weighted by atomic mass is 16.6. The fraction of sp³-hybridized carbons (Fsp3) is 0.654. The second-order valence-electron chi connectivity index (χ2n) is 10.1. The van der Waals surface area contributed by atoms with Crippen molar-refractivity contribution in [3.8, 4) is 5.75 Å². The molecule has 0 spiro atoms. The standard InChI is InChI=1S/C26H41N3O5/c1-6-7-16-29(24(32)18(2)27-25(33)34-26(3,4)5)22(19-12-11-15-21(30)17-19)23(31)28-20-13-9-8-10-14-20/h11-12,15,17-18,20,22,30H,6-10,13-14,16H2,1-5H3,(H,27,33)(H,28,31). The van der Waals surface area contributed by atoms with Gasteiger partial charge >= 0.3 is 6.09 Å². The van der Waals surface area contributed by atoms with E-state index in [4.69, 9.17) is 4.74 Å². The predicted octanol–water partition coefficient (Wildman–Crippen LogP) is 4.42. The van der Waals surface area contributed by atoms with Gasteiger partial charge in [0.05, 0.1) is 0 Å². The molecule has 1 aliphatic rings. The molecule has 2 rings (SSSR count). The van der Waals surface area contributed by atoms with E-state index < -0.39 is 23.8 Å². The molecule has 1 fully saturated rings. The SMILES string of the molecule is CCCCN(C(=O)C(C)NC(=O)OC(C)(C)C)C(C(=O)NC1CCCCC1)c1cccc(O)c1. The lowest BCUT2D eigenvalue weighted by Crippen LogP contribution is -2.53. The number of ether oxygens (including phenoxy) is 1. The summed E-state index contributed by atoms with van der Waals surface area (Å²) < 4.78 is 5.30. The number of carbonyl (C=O) groups is 3. The first-order chi connectivity index (χ1) is 16.0. The molecule has 3 N–H and O–H groups in total. The summed E-state index contributed by atoms with van der Waals surface area (Å²) in [5.74, 6) is -0.631. The van der Waals surface area contributed by atoms with Gasteiger partial charge in [-0.05, 0) is 64.7 Å². The van der Waals surface area contributed by atoms with E-state index in [-0.39, 0.29) is 23.6 Å². The number of unbranched alkanes of at least 4 members (excludes halogenated alkanes) is 1. The first kappa shape index (κ1) is 27.5. The zero-order chi connectivity index (χ0) is 25.3. The van der Waals surface area contributed by atoms with Gasteiger partial charge in [0.15, 0.2) is 0 Å². The highest BCUT2D eigenvalue weighted by molar-refractivity contribution is 5.92. The molecule has 2 unspecified atom stereocenters. The molecular formula is C26H41N3O5. The number of nitrogens with zero attached hydrogens (tertiary/aromatic N) is 1. The van der Waals surface area contributed by atoms with Gasteiger partial charge in [0, 0.05) is 12.6 Å². The van der Waals surface area contributed by atoms with Crippen molar-refractivity contribution in [3.05, 3.63) is 29.8 Å². The number of hydrogen-bond donors (Lipinski definition) is 3. The summed E-state index contributed by atoms with van der Waals surface area (Å²) in [6, 6.07) is 4.71. The van der Waals surface area contributed by atoms with Crippen LogP contribution in [0.1, 0.15) is 91.2 Å². The molecule has 0 aliphatic heterocycles. The molecule has 190 valence electrons. The van der Waals surface area contributed by atoms with Gasteiger partial charge < -0.3 is 25.4 Å². The van der Waals surface area contributed by atoms with E-state index in [2.05, 4.69) is 10.6 Å². The van der Waals surface area contributed by atoms with Crippen molar-refractivity contribution in [3.63, 3.8) is 0 Å². The number of rotatable bonds is 9. The molecule has 3 amide bonds. The maximum atomic E-state index is 13.6. The molecular weight excluding hydrogens is 434 g/mol. The molecule has 1 aromatic carbocycles. The minimum Gasteiger partial charge on any atom is -0.508 e. The lowest BCUT2D eigenvalue weighted by Gasteiger charge is -2.35. The molecule has 34 heavy (non-hydrogen) atoms. The molecule has 1 aromatic rings. The van der Waals surface area contributed by atoms with Gasteiger partial charge in [-0.3, -0.25) is 9.59 Å². The van der Waals surface area contributed by atoms with E-state index >= 15 is 0 Å². The van der Waals surface area contributed by atoms with E-state index in [0.29, 0.717) is 18.5 Å². The summed E-state index contributed by atoms with van der Waals surface area (Å²) >= 11 is 0. The fourth-order valence-corrected chi connectivity index (χ4v) is 4.18. The second kappa shape index (κ2) is 12.6. The van der Waals surface area contributed by atoms with Crippen LogP contribution in [0.4, 0.5) is 4.79 Å². The molecule has 0 heterocycles. The topological polar surface area (TPSA) is 108 Å². The van der Waals surface area contributed by atoms with Gasteiger partial charge in [-0.2, -0.15) is 0 Å². The van der Waals surface area contributed by atoms with Crippen LogP contribution < -0.4 is 10.6 Å². The Hall–Kier alpha value is -2.77. The van der Waals surface area contributed by atoms with Gasteiger partial charge in [0.2, 0.25) is 11.8 Å². The zero-order valence-electron chi connectivity index (χ0n) is 21.2. The van der Waals surface area contributed by atoms with Gasteiger partial charge in [-0.15, -0.1) is 0 Å². The molecule has 8 nitrogen and oxygen atoms in total. The van der Waals surface area contributed by atoms with Crippen LogP contribution in [0.15, 0.2) is 24.3 Å². The molecule has 1 saturated carbocycles. The maximum Gasteiger partial charge on any atom is 0.408 e. The fourth-order valence-electron chi connectivity index (χ4n) is 4.18. The Morgan fingerprint density at radius 3 is 2.44 bits per heavy atom. The molecule has 0 radical (unpaired) electrons. The van der Waals surface area contributed by atoms with E-state index in [1.165, 1.54) is 17.0 Å². The zero-order valence-corrected chi connectivity index (χ0v) is 21.2. The first-order valence-corrected chi connectivity index (χ1v) is 12.4. The highest BCUT2D eigenvalue weighted by Crippen LogP contribution is 2.27. The van der Waals surface area contributed by atoms with E-state index in [1.807, 2.05) is 6.92 Å². The van der Waals surface area contributed by atoms with Gasteiger partial charge in [-0.1, -0.05) is 44.7 Å². The molecule has 0 aromatic heterocycles. The summed E-state index contributed by atoms with van der Waals surface area (Å²) in [5.41, 5.74) is -0.166. The summed E-state index contributed by atoms with van der Waals surface area (Å²) in [4.78, 5) is 40.9. The number of hydrogen-bond acceptors (Lipinski definition) is 5. The van der Waals surface area contributed by atoms with Crippen LogP contribution in [0.5, 0.6) is 5.75 Å². The third kappa shape index (κ3) is 8.54. The van der Waals surface area contributed by atoms with Gasteiger partial charge in [-0.25, -0.2) is 4.79 Å². The minimum absolute atomic E-state index is 0.0239. The van der Waals surface area contributed by atoms with Crippen LogP contribution >= 0.6 is 0 Å². The van der Waals surface area contributed by atoms with E-state index in [0.717, 1.165) is 38.5 Å². The second-order valence-corrected chi connectivity index (χ2v) is 10.1. The molecule has 0 saturated heterocycles. The first-order valence-electron chi connectivity index (χ1n) is 12.4. The van der Waals surface area contributed by atoms with E-state index in [1.54, 1.807) is 39.8 Å². The number of aromatic hydroxyl groups is 1. The number of benzene rings is 1. The lowest BCUT2D eigenvalue weighted by atomic mass is 9.94. The molecule has 2 atom stereocenters. The Bertz CT molecular complexity index is 830. The van der Waals surface area contributed by atoms with Crippen LogP contribution in [-0.2, 0) is 14.3 Å². The van der Waals surface area contributed by atoms with Crippen molar-refractivity contribution >= 4 is 17.9 Å². The lowest BCUT2D eigenvalue weighted by molar-refractivity contribution is -0.142. The monoisotopic (exact) mass is 475 g/mol. The Morgan fingerprint density at radius 2 is 1.85 bits per heavy atom. The molecule has 8 heteroatoms. The number of alkyl carbamates (subject to hydrolysis) is 1. The van der Waals surface area contributed by atoms with Crippen LogP contribution in [0.2, 0.25) is 0 Å². The Balaban J connectivity index is 2.32. The van der Waals surface area contributed by atoms with Crippen molar-refractivity contribution in [2.45, 2.75) is 103 Å². The third-order valence-corrected chi connectivity index (χ3v) is 5.84. The number of phenols is 1. The van der Waals surface area contributed by atoms with Gasteiger partial charge in [0.25, 0.3) is 0 Å². The molecule has 0 bridgehead atoms. The average molecular weight is 476 g/mol. The quantitative estimate of drug-likeness (QED) is 0.490. The van der Waals surface area contributed by atoms with Crippen molar-refractivity contribution in [1.82, 2.24) is 15.5 Å². The van der Waals surface area contributed by atoms with Crippen molar-refractivity contribution in [1.29, 1.82) is 0 Å². The smallest absolute Gasteiger partial charge is 0.408 e. The van der Waals surface area contributed by atoms with Gasteiger partial charge in [0.1, 0.15) is 23.4 Å². The number of nitrogens with one attached hydrogen (secondary N) is 2. The summed E-state index contributed by atoms with van der Waals surface area (Å²) in [6.45, 7) is 9.19. The third-order valence-electron chi connectivity index (χ3n) is 5.84. The summed E-state index contributed by atoms with van der Waals surface area (Å²) in [7, 11) is 0. The van der Waals surface area contributed by atoms with Crippen molar-refractivity contribution in [2.24, 2.45) is 0 Å². The predicted molar refractivity (Wildman–Crippen MR) is 131 cm³/mol. The summed E-state index contributed by atoms with van der Waals surface area (Å²) in [6.07, 6.45) is 5.96. The maximum absolute atomic E-state index is 13.6. The van der Waals surface area contributed by atoms with Crippen molar-refractivity contribution in [2.75, 3.05) is 6.54 Å². The van der Waals surface area contributed by atoms with Crippen LogP contribution in [0.25, 0.3) is 0 Å². The highest BCUT2D eigenvalue weighted by Gasteiger charge is 2.35. The van der Waals surface area contributed by atoms with Crippen LogP contribution in [0, 0.1) is 0 Å². The van der Waals surface area contributed by atoms with E-state index in [9.17, 15) is 19.5 Å². The van der Waals surface area contributed by atoms with Crippen LogP contribution in [0.3, 0.4) is 0 Å². The molecule has 1 aliphatic carbocycles. The Kier molecular flexibility index (Phi) is 10.2. The Labute approximate surface area is 203 Å². The number of amides is 3. The minimum atomic E-state index is -0.920. The summed E-state index contributed by atoms with van der Waals surface area (Å²) in [5, 5.41) is 15.8.